The van der Waals surface area contributed by atoms with Crippen LogP contribution in [0.1, 0.15) is 27.9 Å². The van der Waals surface area contributed by atoms with Gasteiger partial charge in [-0.25, -0.2) is 14.6 Å². The van der Waals surface area contributed by atoms with Crippen molar-refractivity contribution in [1.82, 2.24) is 31.1 Å². The number of carbonyl (C=O) groups excluding carboxylic acids is 4. The van der Waals surface area contributed by atoms with Gasteiger partial charge in [0.25, 0.3) is 11.8 Å². The number of urea groups is 1. The topological polar surface area (TPSA) is 188 Å². The van der Waals surface area contributed by atoms with Crippen LogP contribution < -0.4 is 26.2 Å². The summed E-state index contributed by atoms with van der Waals surface area (Å²) < 4.78 is 3.14. The Balaban J connectivity index is 1.23. The van der Waals surface area contributed by atoms with Crippen LogP contribution in [0.5, 0.6) is 0 Å². The van der Waals surface area contributed by atoms with Crippen LogP contribution in [0, 0.1) is 0 Å². The molecule has 5 aliphatic rings. The number of hydrogen-bond acceptors (Lipinski definition) is 11. The number of anilines is 1. The van der Waals surface area contributed by atoms with Crippen molar-refractivity contribution in [3.8, 4) is 0 Å². The van der Waals surface area contributed by atoms with Gasteiger partial charge < -0.3 is 35.8 Å². The number of halogens is 3. The maximum absolute atomic E-state index is 13.7. The molecule has 0 radical (unpaired) electrons. The van der Waals surface area contributed by atoms with Gasteiger partial charge in [0.15, 0.2) is 5.66 Å². The smallest absolute Gasteiger partial charge is 0.414 e. The predicted molar refractivity (Wildman–Crippen MR) is 182 cm³/mol. The average molecular weight is 748 g/mol. The van der Waals surface area contributed by atoms with Crippen LogP contribution in [0.2, 0.25) is 0 Å². The van der Waals surface area contributed by atoms with Gasteiger partial charge in [-0.1, -0.05) is 71.7 Å². The molecule has 3 fully saturated rings. The lowest BCUT2D eigenvalue weighted by Gasteiger charge is -2.49. The summed E-state index contributed by atoms with van der Waals surface area (Å²) in [6, 6.07) is 9.94. The standard InChI is InChI=1S/C32H33Cl3N8O7/c1-17-36-25-22(13-42-24(44)15-41(29(42)47)19-9-3-2-4-10-19)37-27(39-28(46)50-16-30(33,34)35)43-14-23(32(48,49)31(25,43)40-17)38-26(45)21-12-6-8-18-7-5-11-20(18)21/h2-4,6,8-10,12,22-23,25,36,40,48-49H,1,5,7,11,13-16H2,(H,38,45)(H,37,39,46)/t22-,23?,25-,31-/m0/s1. The minimum atomic E-state index is -2.77. The molecule has 50 heavy (non-hydrogen) atoms. The lowest BCUT2D eigenvalue weighted by atomic mass is 9.85. The zero-order valence-corrected chi connectivity index (χ0v) is 28.6. The number of alkyl halides is 3. The number of aliphatic hydroxyl groups is 2. The van der Waals surface area contributed by atoms with E-state index in [0.717, 1.165) is 28.9 Å². The van der Waals surface area contributed by atoms with E-state index in [1.807, 2.05) is 6.07 Å². The summed E-state index contributed by atoms with van der Waals surface area (Å²) in [7, 11) is 0. The number of alkyl carbamates (subject to hydrolysis) is 1. The number of imide groups is 1. The third kappa shape index (κ3) is 5.76. The van der Waals surface area contributed by atoms with Crippen LogP contribution in [0.15, 0.2) is 65.9 Å². The van der Waals surface area contributed by atoms with Crippen molar-refractivity contribution in [1.29, 1.82) is 0 Å². The summed E-state index contributed by atoms with van der Waals surface area (Å²) in [5.41, 5.74) is 0.947. The molecule has 4 atom stereocenters. The zero-order chi connectivity index (χ0) is 35.6. The largest absolute Gasteiger partial charge is 0.445 e. The molecule has 7 rings (SSSR count). The van der Waals surface area contributed by atoms with Gasteiger partial charge in [-0.2, -0.15) is 0 Å². The zero-order valence-electron chi connectivity index (χ0n) is 26.4. The van der Waals surface area contributed by atoms with Crippen molar-refractivity contribution in [2.45, 2.75) is 52.6 Å². The monoisotopic (exact) mass is 746 g/mol. The molecule has 1 unspecified atom stereocenters. The van der Waals surface area contributed by atoms with Crippen LogP contribution in [0.4, 0.5) is 15.3 Å². The Morgan fingerprint density at radius 3 is 2.60 bits per heavy atom. The van der Waals surface area contributed by atoms with Crippen LogP contribution >= 0.6 is 34.8 Å². The number of nitrogens with one attached hydrogen (secondary N) is 4. The van der Waals surface area contributed by atoms with Crippen molar-refractivity contribution in [2.24, 2.45) is 4.99 Å². The summed E-state index contributed by atoms with van der Waals surface area (Å²) in [6.45, 7) is 2.49. The Bertz CT molecular complexity index is 1810. The molecule has 4 heterocycles. The third-order valence-electron chi connectivity index (χ3n) is 9.66. The number of rotatable bonds is 6. The molecule has 4 aliphatic heterocycles. The molecule has 5 amide bonds. The van der Waals surface area contributed by atoms with E-state index in [4.69, 9.17) is 39.5 Å². The van der Waals surface area contributed by atoms with Gasteiger partial charge in [-0.3, -0.25) is 24.7 Å². The minimum absolute atomic E-state index is 0.158. The molecule has 2 aromatic carbocycles. The second-order valence-electron chi connectivity index (χ2n) is 12.7. The number of ether oxygens (including phenoxy) is 1. The summed E-state index contributed by atoms with van der Waals surface area (Å²) in [4.78, 5) is 61.9. The highest BCUT2D eigenvalue weighted by Crippen LogP contribution is 2.45. The summed E-state index contributed by atoms with van der Waals surface area (Å²) in [5.74, 6) is -3.87. The first-order valence-corrected chi connectivity index (χ1v) is 17.0. The maximum Gasteiger partial charge on any atom is 0.414 e. The molecule has 15 nitrogen and oxygen atoms in total. The molecule has 2 aromatic rings. The van der Waals surface area contributed by atoms with E-state index in [-0.39, 0.29) is 31.4 Å². The van der Waals surface area contributed by atoms with Crippen LogP contribution in [-0.2, 0) is 22.4 Å². The maximum atomic E-state index is 13.7. The molecule has 18 heteroatoms. The lowest BCUT2D eigenvalue weighted by molar-refractivity contribution is -0.231. The predicted octanol–water partition coefficient (Wildman–Crippen LogP) is 1.30. The fraction of sp³-hybridized carbons (Fsp3) is 0.406. The fourth-order valence-electron chi connectivity index (χ4n) is 7.49. The van der Waals surface area contributed by atoms with Gasteiger partial charge in [0, 0.05) is 17.8 Å². The number of amides is 5. The highest BCUT2D eigenvalue weighted by molar-refractivity contribution is 6.67. The first kappa shape index (κ1) is 34.2. The molecule has 0 aromatic heterocycles. The molecule has 0 saturated carbocycles. The normalized spacial score (nSPS) is 26.5. The van der Waals surface area contributed by atoms with E-state index in [2.05, 4.69) is 32.8 Å². The van der Waals surface area contributed by atoms with Crippen molar-refractivity contribution in [3.63, 3.8) is 0 Å². The number of carbonyl (C=O) groups is 4. The lowest BCUT2D eigenvalue weighted by Crippen LogP contribution is -2.78. The Labute approximate surface area is 301 Å². The number of aliphatic imine (C=N–C) groups is 1. The number of guanidine groups is 1. The summed E-state index contributed by atoms with van der Waals surface area (Å²) >= 11 is 17.3. The van der Waals surface area contributed by atoms with E-state index in [1.54, 1.807) is 42.5 Å². The fourth-order valence-corrected chi connectivity index (χ4v) is 7.66. The number of nitrogens with zero attached hydrogens (tertiary/aromatic N) is 4. The van der Waals surface area contributed by atoms with Gasteiger partial charge in [-0.05, 0) is 48.6 Å². The number of benzene rings is 2. The quantitative estimate of drug-likeness (QED) is 0.143. The van der Waals surface area contributed by atoms with Crippen molar-refractivity contribution >= 4 is 70.4 Å². The molecule has 6 N–H and O–H groups in total. The summed E-state index contributed by atoms with van der Waals surface area (Å²) in [5, 5.41) is 35.6. The number of fused-ring (bicyclic) bond motifs is 1. The van der Waals surface area contributed by atoms with Gasteiger partial charge >= 0.3 is 12.1 Å². The van der Waals surface area contributed by atoms with Crippen LogP contribution in [-0.4, -0.2) is 110 Å². The van der Waals surface area contributed by atoms with Gasteiger partial charge in [0.2, 0.25) is 15.5 Å². The first-order chi connectivity index (χ1) is 23.7. The summed E-state index contributed by atoms with van der Waals surface area (Å²) in [6.07, 6.45) is 1.36. The Hall–Kier alpha value is -4.28. The van der Waals surface area contributed by atoms with Crippen molar-refractivity contribution < 1.29 is 34.1 Å². The minimum Gasteiger partial charge on any atom is -0.445 e. The average Bonchev–Trinajstić information content (AvgIpc) is 3.81. The van der Waals surface area contributed by atoms with E-state index in [0.29, 0.717) is 17.7 Å². The Kier molecular flexibility index (Phi) is 8.54. The van der Waals surface area contributed by atoms with E-state index >= 15 is 0 Å². The van der Waals surface area contributed by atoms with Crippen molar-refractivity contribution in [3.05, 3.63) is 77.6 Å². The Morgan fingerprint density at radius 1 is 1.10 bits per heavy atom. The number of para-hydroxylation sites is 1. The van der Waals surface area contributed by atoms with E-state index in [9.17, 15) is 29.4 Å². The molecule has 1 spiro atoms. The molecular formula is C32H33Cl3N8O7. The van der Waals surface area contributed by atoms with Gasteiger partial charge in [0.1, 0.15) is 19.2 Å². The van der Waals surface area contributed by atoms with E-state index < -0.39 is 63.9 Å². The van der Waals surface area contributed by atoms with Gasteiger partial charge in [-0.15, -0.1) is 0 Å². The first-order valence-electron chi connectivity index (χ1n) is 15.8. The third-order valence-corrected chi connectivity index (χ3v) is 9.99. The Morgan fingerprint density at radius 2 is 1.86 bits per heavy atom. The molecule has 264 valence electrons. The van der Waals surface area contributed by atoms with Crippen LogP contribution in [0.25, 0.3) is 0 Å². The van der Waals surface area contributed by atoms with Gasteiger partial charge in [0.05, 0.1) is 24.4 Å². The number of hydrogen-bond donors (Lipinski definition) is 6. The van der Waals surface area contributed by atoms with E-state index in [1.165, 1.54) is 9.80 Å². The molecule has 3 saturated heterocycles. The van der Waals surface area contributed by atoms with Crippen LogP contribution in [0.3, 0.4) is 0 Å². The molecular weight excluding hydrogens is 715 g/mol. The number of aryl methyl sites for hydroxylation is 1. The highest BCUT2D eigenvalue weighted by Gasteiger charge is 2.74. The second-order valence-corrected chi connectivity index (χ2v) is 15.2. The molecule has 0 bridgehead atoms. The van der Waals surface area contributed by atoms with Crippen molar-refractivity contribution in [2.75, 3.05) is 31.1 Å². The molecule has 1 aliphatic carbocycles. The SMILES string of the molecule is C=C1N[C@H]2[C@H](CN3C(=O)CN(c4ccccc4)C3=O)N=C(NC(=O)OCC(Cl)(Cl)Cl)N3CC(NC(=O)c4cccc5c4CCC5)C(O)(O)[C@]23N1. The second kappa shape index (κ2) is 12.5. The highest BCUT2D eigenvalue weighted by atomic mass is 35.6.